The molecule has 0 saturated carbocycles. The van der Waals surface area contributed by atoms with Gasteiger partial charge in [0.05, 0.1) is 19.9 Å². The summed E-state index contributed by atoms with van der Waals surface area (Å²) in [5.41, 5.74) is 0.796. The van der Waals surface area contributed by atoms with Crippen LogP contribution in [0.25, 0.3) is 0 Å². The molecule has 2 aliphatic rings. The van der Waals surface area contributed by atoms with Gasteiger partial charge in [-0.3, -0.25) is 4.79 Å². The molecule has 0 aromatic heterocycles. The maximum atomic E-state index is 12.8. The first kappa shape index (κ1) is 18.2. The molecule has 26 heavy (non-hydrogen) atoms. The first-order chi connectivity index (χ1) is 12.4. The van der Waals surface area contributed by atoms with E-state index < -0.39 is 10.2 Å². The first-order valence-corrected chi connectivity index (χ1v) is 9.59. The minimum absolute atomic E-state index is 0.0895. The predicted molar refractivity (Wildman–Crippen MR) is 96.7 cm³/mol. The molecule has 9 heteroatoms. The van der Waals surface area contributed by atoms with Crippen molar-refractivity contribution in [2.75, 3.05) is 34.4 Å². The number of rotatable bonds is 4. The number of hydrogen-bond acceptors (Lipinski definition) is 5. The lowest BCUT2D eigenvalue weighted by atomic mass is 10.1. The highest BCUT2D eigenvalue weighted by Gasteiger charge is 2.33. The van der Waals surface area contributed by atoms with Crippen molar-refractivity contribution in [3.63, 3.8) is 0 Å². The summed E-state index contributed by atoms with van der Waals surface area (Å²) in [5.74, 6) is 0.663. The van der Waals surface area contributed by atoms with E-state index in [4.69, 9.17) is 9.47 Å². The molecule has 0 radical (unpaired) electrons. The Labute approximate surface area is 152 Å². The predicted octanol–water partition coefficient (Wildman–Crippen LogP) is 1.19. The smallest absolute Gasteiger partial charge is 0.345 e. The van der Waals surface area contributed by atoms with Crippen LogP contribution in [0.3, 0.4) is 0 Å². The van der Waals surface area contributed by atoms with Crippen LogP contribution in [0.5, 0.6) is 11.5 Å². The number of carbonyl (C=O) groups excluding carboxylic acids is 1. The quantitative estimate of drug-likeness (QED) is 0.784. The fourth-order valence-corrected chi connectivity index (χ4v) is 3.88. The SMILES string of the molecule is COc1ccc(C2=NS(=O)(=O)N(C)C(C(=O)N3CCCC3)=C2)cc1OC. The standard InChI is InChI=1S/C17H21N3O5S/c1-19-14(17(21)20-8-4-5-9-20)11-13(18-26(19,22)23)12-6-7-15(24-2)16(10-12)25-3/h6-7,10-11H,4-5,8-9H2,1-3H3. The molecule has 0 atom stereocenters. The Hall–Kier alpha value is -2.55. The van der Waals surface area contributed by atoms with Crippen molar-refractivity contribution in [2.45, 2.75) is 12.8 Å². The Balaban J connectivity index is 2.04. The number of nitrogens with zero attached hydrogens (tertiary/aromatic N) is 3. The second-order valence-corrected chi connectivity index (χ2v) is 7.65. The Morgan fingerprint density at radius 2 is 1.77 bits per heavy atom. The minimum atomic E-state index is -3.98. The van der Waals surface area contributed by atoms with Crippen LogP contribution in [0.4, 0.5) is 0 Å². The van der Waals surface area contributed by atoms with E-state index in [0.717, 1.165) is 17.1 Å². The molecule has 3 rings (SSSR count). The molecule has 1 aromatic rings. The van der Waals surface area contributed by atoms with Crippen molar-refractivity contribution in [2.24, 2.45) is 4.40 Å². The highest BCUT2D eigenvalue weighted by atomic mass is 32.2. The number of carbonyl (C=O) groups is 1. The molecular formula is C17H21N3O5S. The first-order valence-electron chi connectivity index (χ1n) is 8.19. The number of ether oxygens (including phenoxy) is 2. The number of likely N-dealkylation sites (N-methyl/N-ethyl adjacent to an activating group) is 1. The van der Waals surface area contributed by atoms with Gasteiger partial charge in [0.15, 0.2) is 11.5 Å². The zero-order chi connectivity index (χ0) is 18.9. The molecule has 0 spiro atoms. The third-order valence-electron chi connectivity index (χ3n) is 4.46. The molecule has 1 aromatic carbocycles. The van der Waals surface area contributed by atoms with E-state index in [1.54, 1.807) is 23.1 Å². The summed E-state index contributed by atoms with van der Waals surface area (Å²) in [5, 5.41) is 0. The Bertz CT molecular complexity index is 886. The van der Waals surface area contributed by atoms with Gasteiger partial charge in [0, 0.05) is 25.7 Å². The Morgan fingerprint density at radius 3 is 2.38 bits per heavy atom. The molecular weight excluding hydrogens is 358 g/mol. The second-order valence-electron chi connectivity index (χ2n) is 6.02. The van der Waals surface area contributed by atoms with Gasteiger partial charge >= 0.3 is 10.2 Å². The summed E-state index contributed by atoms with van der Waals surface area (Å²) in [6, 6.07) is 4.97. The highest BCUT2D eigenvalue weighted by molar-refractivity contribution is 7.88. The van der Waals surface area contributed by atoms with Crippen molar-refractivity contribution in [3.8, 4) is 11.5 Å². The van der Waals surface area contributed by atoms with E-state index in [1.807, 2.05) is 0 Å². The third-order valence-corrected chi connectivity index (χ3v) is 5.78. The number of amides is 1. The van der Waals surface area contributed by atoms with Crippen molar-refractivity contribution in [3.05, 3.63) is 35.5 Å². The minimum Gasteiger partial charge on any atom is -0.493 e. The molecule has 0 bridgehead atoms. The van der Waals surface area contributed by atoms with Crippen molar-refractivity contribution >= 4 is 21.8 Å². The molecule has 2 aliphatic heterocycles. The van der Waals surface area contributed by atoms with E-state index in [-0.39, 0.29) is 17.3 Å². The fraction of sp³-hybridized carbons (Fsp3) is 0.412. The van der Waals surface area contributed by atoms with Gasteiger partial charge in [0.2, 0.25) is 0 Å². The van der Waals surface area contributed by atoms with Crippen LogP contribution in [0, 0.1) is 0 Å². The van der Waals surface area contributed by atoms with E-state index in [9.17, 15) is 13.2 Å². The third kappa shape index (κ3) is 3.26. The number of allylic oxidation sites excluding steroid dienone is 1. The fourth-order valence-electron chi connectivity index (χ4n) is 2.97. The monoisotopic (exact) mass is 379 g/mol. The van der Waals surface area contributed by atoms with E-state index in [0.29, 0.717) is 30.2 Å². The lowest BCUT2D eigenvalue weighted by molar-refractivity contribution is -0.127. The topological polar surface area (TPSA) is 88.5 Å². The van der Waals surface area contributed by atoms with Gasteiger partial charge in [-0.05, 0) is 37.1 Å². The lowest BCUT2D eigenvalue weighted by Crippen LogP contribution is -2.39. The van der Waals surface area contributed by atoms with Gasteiger partial charge in [-0.1, -0.05) is 0 Å². The zero-order valence-electron chi connectivity index (χ0n) is 14.9. The molecule has 0 aliphatic carbocycles. The molecule has 0 N–H and O–H groups in total. The average Bonchev–Trinajstić information content (AvgIpc) is 3.17. The van der Waals surface area contributed by atoms with Gasteiger partial charge < -0.3 is 14.4 Å². The molecule has 1 amide bonds. The van der Waals surface area contributed by atoms with Crippen molar-refractivity contribution in [1.29, 1.82) is 0 Å². The van der Waals surface area contributed by atoms with Gasteiger partial charge in [-0.25, -0.2) is 4.31 Å². The number of hydrogen-bond donors (Lipinski definition) is 0. The normalized spacial score (nSPS) is 19.0. The molecule has 2 heterocycles. The van der Waals surface area contributed by atoms with Gasteiger partial charge in [0.1, 0.15) is 5.70 Å². The van der Waals surface area contributed by atoms with Gasteiger partial charge in [-0.2, -0.15) is 8.42 Å². The van der Waals surface area contributed by atoms with Crippen LogP contribution in [-0.2, 0) is 15.0 Å². The maximum absolute atomic E-state index is 12.8. The largest absolute Gasteiger partial charge is 0.493 e. The van der Waals surface area contributed by atoms with Crippen LogP contribution >= 0.6 is 0 Å². The van der Waals surface area contributed by atoms with E-state index in [1.165, 1.54) is 27.3 Å². The summed E-state index contributed by atoms with van der Waals surface area (Å²) in [6.07, 6.45) is 3.35. The van der Waals surface area contributed by atoms with Crippen LogP contribution in [0.2, 0.25) is 0 Å². The molecule has 8 nitrogen and oxygen atoms in total. The highest BCUT2D eigenvalue weighted by Crippen LogP contribution is 2.30. The second kappa shape index (κ2) is 6.99. The lowest BCUT2D eigenvalue weighted by Gasteiger charge is -2.26. The summed E-state index contributed by atoms with van der Waals surface area (Å²) in [4.78, 5) is 14.4. The van der Waals surface area contributed by atoms with Gasteiger partial charge in [0.25, 0.3) is 5.91 Å². The summed E-state index contributed by atoms with van der Waals surface area (Å²) in [6.45, 7) is 1.26. The number of likely N-dealkylation sites (tertiary alicyclic amines) is 1. The summed E-state index contributed by atoms with van der Waals surface area (Å²) >= 11 is 0. The average molecular weight is 379 g/mol. The summed E-state index contributed by atoms with van der Waals surface area (Å²) in [7, 11) is 0.362. The number of methoxy groups -OCH3 is 2. The van der Waals surface area contributed by atoms with E-state index in [2.05, 4.69) is 4.40 Å². The molecule has 1 fully saturated rings. The zero-order valence-corrected chi connectivity index (χ0v) is 15.7. The van der Waals surface area contributed by atoms with Crippen LogP contribution in [0.15, 0.2) is 34.4 Å². The van der Waals surface area contributed by atoms with Crippen LogP contribution < -0.4 is 9.47 Å². The van der Waals surface area contributed by atoms with Crippen LogP contribution in [0.1, 0.15) is 18.4 Å². The van der Waals surface area contributed by atoms with E-state index >= 15 is 0 Å². The molecule has 1 saturated heterocycles. The van der Waals surface area contributed by atoms with Crippen molar-refractivity contribution in [1.82, 2.24) is 9.21 Å². The Morgan fingerprint density at radius 1 is 1.12 bits per heavy atom. The maximum Gasteiger partial charge on any atom is 0.345 e. The van der Waals surface area contributed by atoms with Gasteiger partial charge in [-0.15, -0.1) is 4.40 Å². The Kier molecular flexibility index (Phi) is 4.90. The molecule has 0 unspecified atom stereocenters. The molecule has 140 valence electrons. The van der Waals surface area contributed by atoms with Crippen LogP contribution in [-0.4, -0.2) is 63.6 Å². The number of benzene rings is 1. The summed E-state index contributed by atoms with van der Waals surface area (Å²) < 4.78 is 40.1. The van der Waals surface area contributed by atoms with Crippen molar-refractivity contribution < 1.29 is 22.7 Å².